The van der Waals surface area contributed by atoms with Gasteiger partial charge in [0, 0.05) is 4.88 Å². The number of hydrogen-bond acceptors (Lipinski definition) is 2. The van der Waals surface area contributed by atoms with Gasteiger partial charge < -0.3 is 0 Å². The van der Waals surface area contributed by atoms with Gasteiger partial charge >= 0.3 is 0 Å². The van der Waals surface area contributed by atoms with Crippen molar-refractivity contribution in [1.82, 2.24) is 4.37 Å². The van der Waals surface area contributed by atoms with E-state index in [2.05, 4.69) is 31.2 Å². The fraction of sp³-hybridized carbons (Fsp3) is 0.667. The van der Waals surface area contributed by atoms with Crippen LogP contribution in [-0.2, 0) is 6.42 Å². The lowest BCUT2D eigenvalue weighted by Crippen LogP contribution is -1.85. The molecule has 0 fully saturated rings. The topological polar surface area (TPSA) is 12.9 Å². The zero-order valence-electron chi connectivity index (χ0n) is 7.42. The quantitative estimate of drug-likeness (QED) is 0.677. The number of rotatable bonds is 3. The Hall–Kier alpha value is -0.370. The molecule has 0 saturated heterocycles. The molecule has 0 radical (unpaired) electrons. The summed E-state index contributed by atoms with van der Waals surface area (Å²) < 4.78 is 4.35. The second-order valence-corrected chi connectivity index (χ2v) is 3.72. The standard InChI is InChI=1S/C9H15NS/c1-4-7(3)9-6-8(5-2)10-11-9/h6-7H,4-5H2,1-3H3. The molecular formula is C9H15NS. The minimum Gasteiger partial charge on any atom is -0.197 e. The van der Waals surface area contributed by atoms with E-state index in [1.165, 1.54) is 17.0 Å². The van der Waals surface area contributed by atoms with Crippen LogP contribution in [0.5, 0.6) is 0 Å². The molecule has 0 N–H and O–H groups in total. The minimum atomic E-state index is 0.688. The average Bonchev–Trinajstić information content (AvgIpc) is 2.50. The number of aryl methyl sites for hydroxylation is 1. The average molecular weight is 169 g/mol. The van der Waals surface area contributed by atoms with E-state index in [0.29, 0.717) is 5.92 Å². The highest BCUT2D eigenvalue weighted by atomic mass is 32.1. The summed E-state index contributed by atoms with van der Waals surface area (Å²) in [6.45, 7) is 6.62. The lowest BCUT2D eigenvalue weighted by atomic mass is 10.1. The van der Waals surface area contributed by atoms with Gasteiger partial charge in [-0.1, -0.05) is 20.8 Å². The Bertz CT molecular complexity index is 217. The largest absolute Gasteiger partial charge is 0.197 e. The van der Waals surface area contributed by atoms with Gasteiger partial charge in [-0.05, 0) is 36.4 Å². The maximum absolute atomic E-state index is 4.35. The third-order valence-corrected chi connectivity index (χ3v) is 3.09. The Morgan fingerprint density at radius 3 is 2.73 bits per heavy atom. The summed E-state index contributed by atoms with van der Waals surface area (Å²) in [4.78, 5) is 1.43. The Kier molecular flexibility index (Phi) is 3.06. The van der Waals surface area contributed by atoms with E-state index in [4.69, 9.17) is 0 Å². The molecule has 1 aromatic rings. The number of hydrogen-bond donors (Lipinski definition) is 0. The molecule has 1 rings (SSSR count). The summed E-state index contributed by atoms with van der Waals surface area (Å²) in [5, 5.41) is 0. The first kappa shape index (κ1) is 8.72. The van der Waals surface area contributed by atoms with Crippen LogP contribution < -0.4 is 0 Å². The van der Waals surface area contributed by atoms with Crippen LogP contribution in [-0.4, -0.2) is 4.37 Å². The molecule has 2 heteroatoms. The summed E-state index contributed by atoms with van der Waals surface area (Å²) in [5.41, 5.74) is 1.24. The summed E-state index contributed by atoms with van der Waals surface area (Å²) in [6, 6.07) is 2.23. The van der Waals surface area contributed by atoms with Gasteiger partial charge in [-0.25, -0.2) is 0 Å². The maximum atomic E-state index is 4.35. The van der Waals surface area contributed by atoms with Crippen molar-refractivity contribution in [2.24, 2.45) is 0 Å². The van der Waals surface area contributed by atoms with E-state index >= 15 is 0 Å². The molecule has 11 heavy (non-hydrogen) atoms. The third-order valence-electron chi connectivity index (χ3n) is 2.04. The first-order valence-electron chi connectivity index (χ1n) is 4.23. The van der Waals surface area contributed by atoms with Crippen molar-refractivity contribution >= 4 is 11.5 Å². The molecule has 1 aromatic heterocycles. The van der Waals surface area contributed by atoms with Crippen molar-refractivity contribution in [3.63, 3.8) is 0 Å². The van der Waals surface area contributed by atoms with Crippen LogP contribution in [0.4, 0.5) is 0 Å². The predicted octanol–water partition coefficient (Wildman–Crippen LogP) is 3.22. The highest BCUT2D eigenvalue weighted by Crippen LogP contribution is 2.23. The highest BCUT2D eigenvalue weighted by Gasteiger charge is 2.06. The Labute approximate surface area is 72.6 Å². The molecule has 0 amide bonds. The fourth-order valence-corrected chi connectivity index (χ4v) is 1.87. The molecule has 0 spiro atoms. The Morgan fingerprint density at radius 1 is 1.55 bits per heavy atom. The van der Waals surface area contributed by atoms with E-state index < -0.39 is 0 Å². The highest BCUT2D eigenvalue weighted by molar-refractivity contribution is 7.05. The van der Waals surface area contributed by atoms with Crippen LogP contribution >= 0.6 is 11.5 Å². The van der Waals surface area contributed by atoms with Crippen molar-refractivity contribution in [3.8, 4) is 0 Å². The summed E-state index contributed by atoms with van der Waals surface area (Å²) in [6.07, 6.45) is 2.28. The van der Waals surface area contributed by atoms with Gasteiger partial charge in [0.25, 0.3) is 0 Å². The summed E-state index contributed by atoms with van der Waals surface area (Å²) in [5.74, 6) is 0.688. The van der Waals surface area contributed by atoms with Gasteiger partial charge in [-0.2, -0.15) is 4.37 Å². The molecule has 1 atom stereocenters. The second-order valence-electron chi connectivity index (χ2n) is 2.88. The van der Waals surface area contributed by atoms with Crippen LogP contribution in [0, 0.1) is 0 Å². The number of aromatic nitrogens is 1. The molecule has 0 aromatic carbocycles. The summed E-state index contributed by atoms with van der Waals surface area (Å²) >= 11 is 1.66. The van der Waals surface area contributed by atoms with Gasteiger partial charge in [0.05, 0.1) is 5.69 Å². The van der Waals surface area contributed by atoms with Gasteiger partial charge in [-0.3, -0.25) is 0 Å². The zero-order chi connectivity index (χ0) is 8.27. The van der Waals surface area contributed by atoms with Gasteiger partial charge in [0.1, 0.15) is 0 Å². The Balaban J connectivity index is 2.71. The minimum absolute atomic E-state index is 0.688. The molecule has 0 bridgehead atoms. The molecule has 0 saturated carbocycles. The third kappa shape index (κ3) is 2.03. The van der Waals surface area contributed by atoms with Crippen molar-refractivity contribution < 1.29 is 0 Å². The molecule has 1 heterocycles. The van der Waals surface area contributed by atoms with Gasteiger partial charge in [0.15, 0.2) is 0 Å². The Morgan fingerprint density at radius 2 is 2.27 bits per heavy atom. The molecule has 0 aliphatic heterocycles. The van der Waals surface area contributed by atoms with Crippen LogP contribution in [0.2, 0.25) is 0 Å². The van der Waals surface area contributed by atoms with E-state index in [0.717, 1.165) is 6.42 Å². The number of nitrogens with zero attached hydrogens (tertiary/aromatic N) is 1. The normalized spacial score (nSPS) is 13.4. The van der Waals surface area contributed by atoms with E-state index in [-0.39, 0.29) is 0 Å². The van der Waals surface area contributed by atoms with Crippen LogP contribution in [0.15, 0.2) is 6.07 Å². The SMILES string of the molecule is CCc1cc(C(C)CC)sn1. The van der Waals surface area contributed by atoms with Crippen molar-refractivity contribution in [1.29, 1.82) is 0 Å². The monoisotopic (exact) mass is 169 g/mol. The molecule has 1 unspecified atom stereocenters. The fourth-order valence-electron chi connectivity index (χ4n) is 0.928. The smallest absolute Gasteiger partial charge is 0.0542 e. The van der Waals surface area contributed by atoms with Crippen LogP contribution in [0.1, 0.15) is 43.7 Å². The molecule has 0 aliphatic carbocycles. The molecule has 62 valence electrons. The van der Waals surface area contributed by atoms with Crippen LogP contribution in [0.25, 0.3) is 0 Å². The van der Waals surface area contributed by atoms with E-state index in [1.54, 1.807) is 11.5 Å². The van der Waals surface area contributed by atoms with Crippen molar-refractivity contribution in [2.75, 3.05) is 0 Å². The van der Waals surface area contributed by atoms with E-state index in [1.807, 2.05) is 0 Å². The first-order chi connectivity index (χ1) is 5.27. The van der Waals surface area contributed by atoms with Gasteiger partial charge in [0.2, 0.25) is 0 Å². The lowest BCUT2D eigenvalue weighted by molar-refractivity contribution is 0.747. The van der Waals surface area contributed by atoms with Crippen molar-refractivity contribution in [3.05, 3.63) is 16.6 Å². The lowest BCUT2D eigenvalue weighted by Gasteiger charge is -2.01. The first-order valence-corrected chi connectivity index (χ1v) is 5.00. The second kappa shape index (κ2) is 3.86. The molecular weight excluding hydrogens is 154 g/mol. The van der Waals surface area contributed by atoms with E-state index in [9.17, 15) is 0 Å². The van der Waals surface area contributed by atoms with Crippen molar-refractivity contribution in [2.45, 2.75) is 39.5 Å². The maximum Gasteiger partial charge on any atom is 0.0542 e. The molecule has 1 nitrogen and oxygen atoms in total. The van der Waals surface area contributed by atoms with Crippen LogP contribution in [0.3, 0.4) is 0 Å². The zero-order valence-corrected chi connectivity index (χ0v) is 8.24. The van der Waals surface area contributed by atoms with Gasteiger partial charge in [-0.15, -0.1) is 0 Å². The predicted molar refractivity (Wildman–Crippen MR) is 50.2 cm³/mol. The molecule has 0 aliphatic rings. The summed E-state index contributed by atoms with van der Waals surface area (Å²) in [7, 11) is 0.